The number of nitrogens with zero attached hydrogens (tertiary/aromatic N) is 2. The Kier molecular flexibility index (Phi) is 6.08. The van der Waals surface area contributed by atoms with Crippen molar-refractivity contribution in [2.24, 2.45) is 5.92 Å². The number of aliphatic carboxylic acids is 1. The molecule has 0 aromatic carbocycles. The number of piperazine rings is 1. The van der Waals surface area contributed by atoms with Crippen molar-refractivity contribution in [2.75, 3.05) is 33.2 Å². The minimum atomic E-state index is -0.854. The monoisotopic (exact) mass is 271 g/mol. The average molecular weight is 271 g/mol. The number of urea groups is 1. The first-order valence-corrected chi connectivity index (χ1v) is 6.95. The van der Waals surface area contributed by atoms with E-state index in [-0.39, 0.29) is 12.6 Å². The molecule has 0 aromatic rings. The molecular weight excluding hydrogens is 246 g/mol. The van der Waals surface area contributed by atoms with Crippen molar-refractivity contribution in [1.82, 2.24) is 15.1 Å². The summed E-state index contributed by atoms with van der Waals surface area (Å²) in [5.74, 6) is -1.36. The van der Waals surface area contributed by atoms with Crippen molar-refractivity contribution >= 4 is 12.0 Å². The number of nitrogens with one attached hydrogen (secondary N) is 1. The van der Waals surface area contributed by atoms with Crippen molar-refractivity contribution in [3.8, 4) is 0 Å². The number of carbonyl (C=O) groups is 2. The molecule has 2 unspecified atom stereocenters. The Labute approximate surface area is 114 Å². The van der Waals surface area contributed by atoms with Gasteiger partial charge in [0.1, 0.15) is 0 Å². The zero-order valence-corrected chi connectivity index (χ0v) is 12.1. The van der Waals surface area contributed by atoms with Gasteiger partial charge in [-0.3, -0.25) is 9.69 Å². The number of hydrogen-bond donors (Lipinski definition) is 2. The van der Waals surface area contributed by atoms with Gasteiger partial charge in [-0.1, -0.05) is 13.8 Å². The van der Waals surface area contributed by atoms with Gasteiger partial charge in [0.25, 0.3) is 0 Å². The molecular formula is C13H25N3O3. The summed E-state index contributed by atoms with van der Waals surface area (Å²) in [5.41, 5.74) is 0. The molecule has 1 aliphatic heterocycles. The lowest BCUT2D eigenvalue weighted by atomic mass is 10.1. The predicted molar refractivity (Wildman–Crippen MR) is 73.1 cm³/mol. The highest BCUT2D eigenvalue weighted by atomic mass is 16.4. The number of rotatable bonds is 5. The van der Waals surface area contributed by atoms with Crippen LogP contribution in [0.25, 0.3) is 0 Å². The van der Waals surface area contributed by atoms with Crippen LogP contribution in [-0.2, 0) is 4.79 Å². The number of carboxylic acid groups (broad SMARTS) is 1. The highest BCUT2D eigenvalue weighted by Gasteiger charge is 2.26. The molecule has 0 bridgehead atoms. The Bertz CT molecular complexity index is 322. The van der Waals surface area contributed by atoms with E-state index in [4.69, 9.17) is 5.11 Å². The van der Waals surface area contributed by atoms with E-state index in [0.29, 0.717) is 25.6 Å². The Morgan fingerprint density at radius 3 is 2.58 bits per heavy atom. The molecule has 110 valence electrons. The molecule has 1 rings (SSSR count). The molecule has 19 heavy (non-hydrogen) atoms. The van der Waals surface area contributed by atoms with Crippen molar-refractivity contribution in [2.45, 2.75) is 32.7 Å². The van der Waals surface area contributed by atoms with Crippen molar-refractivity contribution in [3.05, 3.63) is 0 Å². The number of hydrogen-bond acceptors (Lipinski definition) is 3. The number of likely N-dealkylation sites (N-methyl/N-ethyl adjacent to an activating group) is 1. The lowest BCUT2D eigenvalue weighted by molar-refractivity contribution is -0.141. The van der Waals surface area contributed by atoms with E-state index in [0.717, 1.165) is 13.0 Å². The molecule has 2 N–H and O–H groups in total. The second kappa shape index (κ2) is 7.33. The van der Waals surface area contributed by atoms with E-state index >= 15 is 0 Å². The molecule has 6 nitrogen and oxygen atoms in total. The SMILES string of the molecule is CCC(CNC(=O)N1CCN(C)C(CC)C1)C(=O)O. The molecule has 0 saturated carbocycles. The summed E-state index contributed by atoms with van der Waals surface area (Å²) in [6, 6.07) is 0.243. The largest absolute Gasteiger partial charge is 0.481 e. The summed E-state index contributed by atoms with van der Waals surface area (Å²) in [7, 11) is 2.07. The fourth-order valence-corrected chi connectivity index (χ4v) is 2.30. The highest BCUT2D eigenvalue weighted by molar-refractivity contribution is 5.76. The van der Waals surface area contributed by atoms with Crippen molar-refractivity contribution in [3.63, 3.8) is 0 Å². The standard InChI is InChI=1S/C13H25N3O3/c1-4-10(12(17)18)8-14-13(19)16-7-6-15(3)11(5-2)9-16/h10-11H,4-9H2,1-3H3,(H,14,19)(H,17,18). The van der Waals surface area contributed by atoms with Crippen LogP contribution in [0.4, 0.5) is 4.79 Å². The van der Waals surface area contributed by atoms with Crippen LogP contribution in [0.1, 0.15) is 26.7 Å². The van der Waals surface area contributed by atoms with E-state index in [1.54, 1.807) is 4.90 Å². The maximum Gasteiger partial charge on any atom is 0.317 e. The number of carbonyl (C=O) groups excluding carboxylic acids is 1. The van der Waals surface area contributed by atoms with Crippen molar-refractivity contribution < 1.29 is 14.7 Å². The van der Waals surface area contributed by atoms with Gasteiger partial charge in [-0.25, -0.2) is 4.79 Å². The van der Waals surface area contributed by atoms with Gasteiger partial charge in [-0.05, 0) is 19.9 Å². The minimum absolute atomic E-state index is 0.147. The maximum absolute atomic E-state index is 12.0. The summed E-state index contributed by atoms with van der Waals surface area (Å²) in [6.07, 6.45) is 1.53. The van der Waals surface area contributed by atoms with Crippen LogP contribution in [0.5, 0.6) is 0 Å². The van der Waals surface area contributed by atoms with Crippen LogP contribution in [0.15, 0.2) is 0 Å². The van der Waals surface area contributed by atoms with E-state index in [1.165, 1.54) is 0 Å². The molecule has 6 heteroatoms. The second-order valence-electron chi connectivity index (χ2n) is 5.12. The lowest BCUT2D eigenvalue weighted by Crippen LogP contribution is -2.55. The second-order valence-corrected chi connectivity index (χ2v) is 5.12. The summed E-state index contributed by atoms with van der Waals surface area (Å²) in [4.78, 5) is 26.9. The average Bonchev–Trinajstić information content (AvgIpc) is 2.39. The Morgan fingerprint density at radius 1 is 1.37 bits per heavy atom. The zero-order chi connectivity index (χ0) is 14.4. The third kappa shape index (κ3) is 4.38. The molecule has 1 fully saturated rings. The van der Waals surface area contributed by atoms with Gasteiger partial charge >= 0.3 is 12.0 Å². The maximum atomic E-state index is 12.0. The molecule has 1 heterocycles. The van der Waals surface area contributed by atoms with E-state index < -0.39 is 11.9 Å². The number of amides is 2. The summed E-state index contributed by atoms with van der Waals surface area (Å²) >= 11 is 0. The lowest BCUT2D eigenvalue weighted by Gasteiger charge is -2.39. The van der Waals surface area contributed by atoms with Crippen LogP contribution in [-0.4, -0.2) is 66.2 Å². The first kappa shape index (κ1) is 15.8. The quantitative estimate of drug-likeness (QED) is 0.777. The number of carboxylic acids is 1. The zero-order valence-electron chi connectivity index (χ0n) is 12.1. The van der Waals surface area contributed by atoms with Gasteiger partial charge in [0.15, 0.2) is 0 Å². The first-order valence-electron chi connectivity index (χ1n) is 6.95. The minimum Gasteiger partial charge on any atom is -0.481 e. The van der Waals surface area contributed by atoms with Gasteiger partial charge in [-0.15, -0.1) is 0 Å². The normalized spacial score (nSPS) is 22.1. The first-order chi connectivity index (χ1) is 8.99. The molecule has 0 aromatic heterocycles. The Hall–Kier alpha value is -1.30. The van der Waals surface area contributed by atoms with Gasteiger partial charge in [-0.2, -0.15) is 0 Å². The molecule has 0 aliphatic carbocycles. The fraction of sp³-hybridized carbons (Fsp3) is 0.846. The third-order valence-corrected chi connectivity index (χ3v) is 3.88. The van der Waals surface area contributed by atoms with E-state index in [1.807, 2.05) is 6.92 Å². The van der Waals surface area contributed by atoms with Crippen molar-refractivity contribution in [1.29, 1.82) is 0 Å². The van der Waals surface area contributed by atoms with Crippen LogP contribution in [0, 0.1) is 5.92 Å². The fourth-order valence-electron chi connectivity index (χ4n) is 2.30. The summed E-state index contributed by atoms with van der Waals surface area (Å²) in [6.45, 7) is 6.40. The summed E-state index contributed by atoms with van der Waals surface area (Å²) in [5, 5.41) is 11.7. The van der Waals surface area contributed by atoms with Gasteiger partial charge in [0.05, 0.1) is 5.92 Å². The van der Waals surface area contributed by atoms with E-state index in [9.17, 15) is 9.59 Å². The Balaban J connectivity index is 2.43. The van der Waals surface area contributed by atoms with Gasteiger partial charge in [0, 0.05) is 32.2 Å². The molecule has 2 amide bonds. The summed E-state index contributed by atoms with van der Waals surface area (Å²) < 4.78 is 0. The van der Waals surface area contributed by atoms with Gasteiger partial charge < -0.3 is 15.3 Å². The van der Waals surface area contributed by atoms with Gasteiger partial charge in [0.2, 0.25) is 0 Å². The Morgan fingerprint density at radius 2 is 2.05 bits per heavy atom. The van der Waals surface area contributed by atoms with Crippen LogP contribution in [0.2, 0.25) is 0 Å². The van der Waals surface area contributed by atoms with Crippen LogP contribution < -0.4 is 5.32 Å². The smallest absolute Gasteiger partial charge is 0.317 e. The predicted octanol–water partition coefficient (Wildman–Crippen LogP) is 0.833. The van der Waals surface area contributed by atoms with Crippen LogP contribution in [0.3, 0.4) is 0 Å². The third-order valence-electron chi connectivity index (χ3n) is 3.88. The highest BCUT2D eigenvalue weighted by Crippen LogP contribution is 2.11. The molecule has 0 radical (unpaired) electrons. The molecule has 0 spiro atoms. The van der Waals surface area contributed by atoms with Crippen LogP contribution >= 0.6 is 0 Å². The molecule has 1 saturated heterocycles. The van der Waals surface area contributed by atoms with E-state index in [2.05, 4.69) is 24.2 Å². The topological polar surface area (TPSA) is 72.9 Å². The molecule has 2 atom stereocenters. The molecule has 1 aliphatic rings.